The quantitative estimate of drug-likeness (QED) is 0.493. The van der Waals surface area contributed by atoms with Gasteiger partial charge in [0.2, 0.25) is 11.9 Å². The molecule has 0 aromatic carbocycles. The first-order valence-electron chi connectivity index (χ1n) is 8.85. The summed E-state index contributed by atoms with van der Waals surface area (Å²) < 4.78 is 37.6. The molecule has 0 radical (unpaired) electrons. The molecule has 0 saturated heterocycles. The molecule has 0 amide bonds. The van der Waals surface area contributed by atoms with Crippen molar-refractivity contribution in [1.82, 2.24) is 19.9 Å². The highest BCUT2D eigenvalue weighted by Gasteiger charge is 2.27. The molecular formula is C16H24F3N7O. The molecule has 0 spiro atoms. The van der Waals surface area contributed by atoms with Crippen molar-refractivity contribution >= 4 is 28.7 Å². The highest BCUT2D eigenvalue weighted by atomic mass is 19.4. The van der Waals surface area contributed by atoms with E-state index in [1.165, 1.54) is 0 Å². The Labute approximate surface area is 155 Å². The van der Waals surface area contributed by atoms with Gasteiger partial charge in [0.25, 0.3) is 0 Å². The zero-order valence-electron chi connectivity index (χ0n) is 15.3. The van der Waals surface area contributed by atoms with Crippen LogP contribution in [0.4, 0.5) is 30.9 Å². The van der Waals surface area contributed by atoms with E-state index in [4.69, 9.17) is 5.11 Å². The summed E-state index contributed by atoms with van der Waals surface area (Å²) in [5, 5.41) is 17.5. The Morgan fingerprint density at radius 3 is 2.26 bits per heavy atom. The molecule has 27 heavy (non-hydrogen) atoms. The van der Waals surface area contributed by atoms with Gasteiger partial charge in [-0.25, -0.2) is 15.0 Å². The van der Waals surface area contributed by atoms with Crippen LogP contribution in [0.3, 0.4) is 0 Å². The monoisotopic (exact) mass is 387 g/mol. The van der Waals surface area contributed by atoms with Gasteiger partial charge in [-0.15, -0.1) is 0 Å². The van der Waals surface area contributed by atoms with Crippen LogP contribution in [0, 0.1) is 0 Å². The first-order chi connectivity index (χ1) is 12.9. The topological polar surface area (TPSA) is 108 Å². The maximum Gasteiger partial charge on any atom is 0.405 e. The third-order valence-corrected chi connectivity index (χ3v) is 3.51. The standard InChI is InChI=1S/C16H24F3N7O/c1-3-7-21-13-12-11(24-14(26-13)20-4-2)10(6-5-8-27)23-15(25-12)22-9-16(17,18)19/h27H,3-9H2,1-2H3,(H,22,23,25)(H2,20,21,24,26). The van der Waals surface area contributed by atoms with Crippen LogP contribution in [-0.2, 0) is 6.42 Å². The van der Waals surface area contributed by atoms with E-state index in [0.29, 0.717) is 54.4 Å². The minimum absolute atomic E-state index is 0.0666. The van der Waals surface area contributed by atoms with Gasteiger partial charge in [-0.2, -0.15) is 18.2 Å². The van der Waals surface area contributed by atoms with Crippen LogP contribution in [0.25, 0.3) is 11.0 Å². The number of hydrogen-bond donors (Lipinski definition) is 4. The number of aliphatic hydroxyl groups excluding tert-OH is 1. The van der Waals surface area contributed by atoms with Gasteiger partial charge in [-0.05, 0) is 26.2 Å². The van der Waals surface area contributed by atoms with Gasteiger partial charge in [0, 0.05) is 19.7 Å². The maximum absolute atomic E-state index is 12.5. The van der Waals surface area contributed by atoms with Gasteiger partial charge >= 0.3 is 6.18 Å². The summed E-state index contributed by atoms with van der Waals surface area (Å²) in [6, 6.07) is 0. The van der Waals surface area contributed by atoms with E-state index in [0.717, 1.165) is 6.42 Å². The SMILES string of the molecule is CCCNc1nc(NCC)nc2c(CCCO)nc(NCC(F)(F)F)nc12. The lowest BCUT2D eigenvalue weighted by atomic mass is 10.2. The van der Waals surface area contributed by atoms with Crippen LogP contribution < -0.4 is 16.0 Å². The number of aliphatic hydroxyl groups is 1. The molecule has 2 heterocycles. The summed E-state index contributed by atoms with van der Waals surface area (Å²) in [5.41, 5.74) is 1.25. The molecule has 0 aliphatic rings. The lowest BCUT2D eigenvalue weighted by Gasteiger charge is -2.14. The van der Waals surface area contributed by atoms with Crippen LogP contribution in [-0.4, -0.2) is 57.5 Å². The van der Waals surface area contributed by atoms with E-state index in [1.807, 2.05) is 13.8 Å². The van der Waals surface area contributed by atoms with Gasteiger partial charge in [0.05, 0.1) is 5.69 Å². The molecule has 2 aromatic heterocycles. The smallest absolute Gasteiger partial charge is 0.396 e. The Bertz CT molecular complexity index is 755. The average Bonchev–Trinajstić information content (AvgIpc) is 2.62. The molecule has 4 N–H and O–H groups in total. The molecular weight excluding hydrogens is 363 g/mol. The number of hydrogen-bond acceptors (Lipinski definition) is 8. The molecule has 0 atom stereocenters. The number of rotatable bonds is 10. The van der Waals surface area contributed by atoms with Crippen LogP contribution in [0.1, 0.15) is 32.4 Å². The molecule has 11 heteroatoms. The van der Waals surface area contributed by atoms with Crippen molar-refractivity contribution in [3.63, 3.8) is 0 Å². The maximum atomic E-state index is 12.5. The molecule has 0 unspecified atom stereocenters. The minimum Gasteiger partial charge on any atom is -0.396 e. The number of alkyl halides is 3. The fourth-order valence-electron chi connectivity index (χ4n) is 2.36. The van der Waals surface area contributed by atoms with E-state index >= 15 is 0 Å². The summed E-state index contributed by atoms with van der Waals surface area (Å²) >= 11 is 0. The lowest BCUT2D eigenvalue weighted by molar-refractivity contribution is -0.115. The van der Waals surface area contributed by atoms with Crippen molar-refractivity contribution in [2.45, 2.75) is 39.3 Å². The summed E-state index contributed by atoms with van der Waals surface area (Å²) in [4.78, 5) is 17.2. The number of aromatic nitrogens is 4. The van der Waals surface area contributed by atoms with Crippen molar-refractivity contribution in [3.8, 4) is 0 Å². The van der Waals surface area contributed by atoms with Gasteiger partial charge < -0.3 is 21.1 Å². The third-order valence-electron chi connectivity index (χ3n) is 3.51. The third kappa shape index (κ3) is 6.05. The number of nitrogens with one attached hydrogen (secondary N) is 3. The predicted molar refractivity (Wildman–Crippen MR) is 98.0 cm³/mol. The molecule has 0 aliphatic carbocycles. The summed E-state index contributed by atoms with van der Waals surface area (Å²) in [7, 11) is 0. The summed E-state index contributed by atoms with van der Waals surface area (Å²) in [5.74, 6) is 0.668. The Hall–Kier alpha value is -2.43. The second-order valence-corrected chi connectivity index (χ2v) is 5.84. The summed E-state index contributed by atoms with van der Waals surface area (Å²) in [6.45, 7) is 3.81. The zero-order valence-corrected chi connectivity index (χ0v) is 15.3. The van der Waals surface area contributed by atoms with Crippen LogP contribution >= 0.6 is 0 Å². The molecule has 8 nitrogen and oxygen atoms in total. The highest BCUT2D eigenvalue weighted by Crippen LogP contribution is 2.25. The minimum atomic E-state index is -4.39. The fraction of sp³-hybridized carbons (Fsp3) is 0.625. The van der Waals surface area contributed by atoms with Gasteiger partial charge in [0.15, 0.2) is 5.82 Å². The van der Waals surface area contributed by atoms with Crippen molar-refractivity contribution in [3.05, 3.63) is 5.69 Å². The lowest BCUT2D eigenvalue weighted by Crippen LogP contribution is -2.23. The van der Waals surface area contributed by atoms with Crippen LogP contribution in [0.15, 0.2) is 0 Å². The first-order valence-corrected chi connectivity index (χ1v) is 8.85. The number of fused-ring (bicyclic) bond motifs is 1. The molecule has 0 fully saturated rings. The van der Waals surface area contributed by atoms with Gasteiger partial charge in [0.1, 0.15) is 17.6 Å². The Kier molecular flexibility index (Phi) is 7.34. The van der Waals surface area contributed by atoms with Crippen LogP contribution in [0.2, 0.25) is 0 Å². The van der Waals surface area contributed by atoms with Crippen molar-refractivity contribution < 1.29 is 18.3 Å². The number of halogens is 3. The molecule has 0 aliphatic heterocycles. The molecule has 2 aromatic rings. The van der Waals surface area contributed by atoms with E-state index in [1.54, 1.807) is 0 Å². The first kappa shape index (κ1) is 20.9. The van der Waals surface area contributed by atoms with Crippen LogP contribution in [0.5, 0.6) is 0 Å². The largest absolute Gasteiger partial charge is 0.405 e. The van der Waals surface area contributed by atoms with Crippen molar-refractivity contribution in [2.24, 2.45) is 0 Å². The van der Waals surface area contributed by atoms with E-state index in [9.17, 15) is 13.2 Å². The summed E-state index contributed by atoms with van der Waals surface area (Å²) in [6.07, 6.45) is -2.79. The van der Waals surface area contributed by atoms with Gasteiger partial charge in [-0.3, -0.25) is 0 Å². The Balaban J connectivity index is 2.54. The predicted octanol–water partition coefficient (Wildman–Crippen LogP) is 2.57. The molecule has 150 valence electrons. The number of nitrogens with zero attached hydrogens (tertiary/aromatic N) is 4. The number of anilines is 3. The highest BCUT2D eigenvalue weighted by molar-refractivity contribution is 5.88. The average molecular weight is 387 g/mol. The Morgan fingerprint density at radius 2 is 1.63 bits per heavy atom. The second-order valence-electron chi connectivity index (χ2n) is 5.84. The Morgan fingerprint density at radius 1 is 0.926 bits per heavy atom. The molecule has 0 bridgehead atoms. The fourth-order valence-corrected chi connectivity index (χ4v) is 2.36. The van der Waals surface area contributed by atoms with E-state index < -0.39 is 12.7 Å². The number of aryl methyl sites for hydroxylation is 1. The van der Waals surface area contributed by atoms with E-state index in [2.05, 4.69) is 35.9 Å². The van der Waals surface area contributed by atoms with Crippen molar-refractivity contribution in [2.75, 3.05) is 42.2 Å². The van der Waals surface area contributed by atoms with E-state index in [-0.39, 0.29) is 12.6 Å². The molecule has 2 rings (SSSR count). The second kappa shape index (κ2) is 9.49. The normalized spacial score (nSPS) is 11.6. The van der Waals surface area contributed by atoms with Gasteiger partial charge in [-0.1, -0.05) is 6.92 Å². The van der Waals surface area contributed by atoms with Crippen molar-refractivity contribution in [1.29, 1.82) is 0 Å². The zero-order chi connectivity index (χ0) is 19.9. The molecule has 0 saturated carbocycles.